The minimum Gasteiger partial charge on any atom is -0.312 e. The van der Waals surface area contributed by atoms with E-state index in [2.05, 4.69) is 28.2 Å². The third-order valence-corrected chi connectivity index (χ3v) is 7.34. The highest BCUT2D eigenvalue weighted by molar-refractivity contribution is 8.00. The van der Waals surface area contributed by atoms with Gasteiger partial charge in [0.05, 0.1) is 0 Å². The Morgan fingerprint density at radius 2 is 1.90 bits per heavy atom. The molecule has 0 amide bonds. The van der Waals surface area contributed by atoms with Crippen molar-refractivity contribution >= 4 is 11.8 Å². The summed E-state index contributed by atoms with van der Waals surface area (Å²) in [5, 5.41) is 3.87. The van der Waals surface area contributed by atoms with Gasteiger partial charge in [-0.3, -0.25) is 0 Å². The molecular formula is C17H32N2S. The molecule has 3 heteroatoms. The van der Waals surface area contributed by atoms with Crippen molar-refractivity contribution in [2.75, 3.05) is 32.4 Å². The van der Waals surface area contributed by atoms with Gasteiger partial charge in [-0.15, -0.1) is 0 Å². The molecule has 0 aromatic rings. The van der Waals surface area contributed by atoms with E-state index in [-0.39, 0.29) is 0 Å². The molecule has 20 heavy (non-hydrogen) atoms. The van der Waals surface area contributed by atoms with Gasteiger partial charge in [0.1, 0.15) is 0 Å². The summed E-state index contributed by atoms with van der Waals surface area (Å²) in [7, 11) is 0. The van der Waals surface area contributed by atoms with Crippen LogP contribution in [0.25, 0.3) is 0 Å². The molecule has 3 rings (SSSR count). The monoisotopic (exact) mass is 296 g/mol. The zero-order valence-corrected chi connectivity index (χ0v) is 14.0. The predicted octanol–water partition coefficient (Wildman–Crippen LogP) is 3.52. The highest BCUT2D eigenvalue weighted by Crippen LogP contribution is 2.43. The average Bonchev–Trinajstić information content (AvgIpc) is 2.69. The van der Waals surface area contributed by atoms with E-state index in [1.54, 1.807) is 0 Å². The Morgan fingerprint density at radius 3 is 2.55 bits per heavy atom. The normalized spacial score (nSPS) is 32.5. The van der Waals surface area contributed by atoms with Crippen LogP contribution in [-0.4, -0.2) is 48.1 Å². The molecule has 1 unspecified atom stereocenters. The Morgan fingerprint density at radius 1 is 1.10 bits per heavy atom. The van der Waals surface area contributed by atoms with Crippen LogP contribution in [0.4, 0.5) is 0 Å². The molecule has 2 saturated carbocycles. The molecule has 0 aromatic heterocycles. The standard InChI is InChI=1S/C17H32N2S/c1-20-17(9-5-10-17)14-19-12-6-11-18-16(13-19)15-7-3-2-4-8-15/h15-16,18H,2-14H2,1H3. The summed E-state index contributed by atoms with van der Waals surface area (Å²) in [6.45, 7) is 5.22. The van der Waals surface area contributed by atoms with Crippen LogP contribution in [-0.2, 0) is 0 Å². The highest BCUT2D eigenvalue weighted by Gasteiger charge is 2.38. The van der Waals surface area contributed by atoms with Crippen LogP contribution < -0.4 is 5.32 Å². The van der Waals surface area contributed by atoms with Gasteiger partial charge in [0.25, 0.3) is 0 Å². The van der Waals surface area contributed by atoms with Gasteiger partial charge in [0, 0.05) is 23.9 Å². The third kappa shape index (κ3) is 3.53. The van der Waals surface area contributed by atoms with Crippen molar-refractivity contribution in [1.29, 1.82) is 0 Å². The Labute approximate surface area is 129 Å². The number of hydrogen-bond acceptors (Lipinski definition) is 3. The first-order chi connectivity index (χ1) is 9.81. The summed E-state index contributed by atoms with van der Waals surface area (Å²) >= 11 is 2.13. The van der Waals surface area contributed by atoms with Crippen LogP contribution in [0.3, 0.4) is 0 Å². The van der Waals surface area contributed by atoms with E-state index in [1.807, 2.05) is 0 Å². The van der Waals surface area contributed by atoms with Crippen LogP contribution in [0.1, 0.15) is 57.8 Å². The quantitative estimate of drug-likeness (QED) is 0.854. The first-order valence-corrected chi connectivity index (χ1v) is 10.0. The number of hydrogen-bond donors (Lipinski definition) is 1. The van der Waals surface area contributed by atoms with Crippen molar-refractivity contribution in [2.24, 2.45) is 5.92 Å². The van der Waals surface area contributed by atoms with E-state index >= 15 is 0 Å². The lowest BCUT2D eigenvalue weighted by Gasteiger charge is -2.44. The third-order valence-electron chi connectivity index (χ3n) is 5.94. The van der Waals surface area contributed by atoms with Gasteiger partial charge in [-0.05, 0) is 57.4 Å². The van der Waals surface area contributed by atoms with Crippen molar-refractivity contribution in [2.45, 2.75) is 68.6 Å². The molecule has 2 nitrogen and oxygen atoms in total. The lowest BCUT2D eigenvalue weighted by atomic mass is 9.82. The highest BCUT2D eigenvalue weighted by atomic mass is 32.2. The topological polar surface area (TPSA) is 15.3 Å². The van der Waals surface area contributed by atoms with E-state index in [0.29, 0.717) is 4.75 Å². The summed E-state index contributed by atoms with van der Waals surface area (Å²) < 4.78 is 0.613. The Bertz CT molecular complexity index is 292. The van der Waals surface area contributed by atoms with Crippen LogP contribution in [0.15, 0.2) is 0 Å². The van der Waals surface area contributed by atoms with E-state index in [4.69, 9.17) is 0 Å². The van der Waals surface area contributed by atoms with Gasteiger partial charge in [-0.25, -0.2) is 0 Å². The van der Waals surface area contributed by atoms with Gasteiger partial charge in [0.2, 0.25) is 0 Å². The van der Waals surface area contributed by atoms with Crippen LogP contribution >= 0.6 is 11.8 Å². The maximum atomic E-state index is 3.87. The molecule has 1 heterocycles. The summed E-state index contributed by atoms with van der Waals surface area (Å²) in [4.78, 5) is 2.80. The molecule has 2 aliphatic carbocycles. The zero-order chi connectivity index (χ0) is 13.8. The van der Waals surface area contributed by atoms with Gasteiger partial charge in [-0.2, -0.15) is 11.8 Å². The first kappa shape index (κ1) is 15.2. The molecule has 1 N–H and O–H groups in total. The lowest BCUT2D eigenvalue weighted by molar-refractivity contribution is 0.171. The van der Waals surface area contributed by atoms with E-state index in [1.165, 1.54) is 84.0 Å². The summed E-state index contributed by atoms with van der Waals surface area (Å²) in [5.41, 5.74) is 0. The minimum absolute atomic E-state index is 0.613. The van der Waals surface area contributed by atoms with Crippen LogP contribution in [0, 0.1) is 5.92 Å². The molecular weight excluding hydrogens is 264 g/mol. The van der Waals surface area contributed by atoms with Crippen molar-refractivity contribution in [3.05, 3.63) is 0 Å². The SMILES string of the molecule is CSC1(CN2CCCNC(C3CCCCC3)C2)CCC1. The molecule has 0 bridgehead atoms. The summed E-state index contributed by atoms with van der Waals surface area (Å²) in [6, 6.07) is 0.775. The van der Waals surface area contributed by atoms with Crippen molar-refractivity contribution in [3.8, 4) is 0 Å². The predicted molar refractivity (Wildman–Crippen MR) is 89.5 cm³/mol. The van der Waals surface area contributed by atoms with Gasteiger partial charge < -0.3 is 10.2 Å². The molecule has 0 radical (unpaired) electrons. The molecule has 0 spiro atoms. The van der Waals surface area contributed by atoms with E-state index in [0.717, 1.165) is 12.0 Å². The number of thioether (sulfide) groups is 1. The summed E-state index contributed by atoms with van der Waals surface area (Å²) in [6.07, 6.45) is 15.4. The fraction of sp³-hybridized carbons (Fsp3) is 1.00. The average molecular weight is 297 g/mol. The fourth-order valence-electron chi connectivity index (χ4n) is 4.43. The number of nitrogens with one attached hydrogen (secondary N) is 1. The second-order valence-corrected chi connectivity index (χ2v) is 8.56. The Balaban J connectivity index is 1.57. The molecule has 1 aliphatic heterocycles. The van der Waals surface area contributed by atoms with Gasteiger partial charge in [-0.1, -0.05) is 25.7 Å². The summed E-state index contributed by atoms with van der Waals surface area (Å²) in [5.74, 6) is 0.955. The van der Waals surface area contributed by atoms with Crippen LogP contribution in [0.5, 0.6) is 0 Å². The Hall–Kier alpha value is 0.270. The number of nitrogens with zero attached hydrogens (tertiary/aromatic N) is 1. The maximum Gasteiger partial charge on any atom is 0.0284 e. The molecule has 3 fully saturated rings. The second kappa shape index (κ2) is 7.02. The second-order valence-electron chi connectivity index (χ2n) is 7.29. The zero-order valence-electron chi connectivity index (χ0n) is 13.2. The molecule has 0 aromatic carbocycles. The molecule has 3 aliphatic rings. The Kier molecular flexibility index (Phi) is 5.33. The van der Waals surface area contributed by atoms with Crippen molar-refractivity contribution < 1.29 is 0 Å². The first-order valence-electron chi connectivity index (χ1n) is 8.82. The van der Waals surface area contributed by atoms with E-state index in [9.17, 15) is 0 Å². The molecule has 1 atom stereocenters. The van der Waals surface area contributed by atoms with E-state index < -0.39 is 0 Å². The van der Waals surface area contributed by atoms with Gasteiger partial charge >= 0.3 is 0 Å². The fourth-order valence-corrected chi connectivity index (χ4v) is 5.43. The molecule has 116 valence electrons. The smallest absolute Gasteiger partial charge is 0.0284 e. The van der Waals surface area contributed by atoms with Crippen LogP contribution in [0.2, 0.25) is 0 Å². The van der Waals surface area contributed by atoms with Crippen molar-refractivity contribution in [1.82, 2.24) is 10.2 Å². The van der Waals surface area contributed by atoms with Crippen molar-refractivity contribution in [3.63, 3.8) is 0 Å². The maximum absolute atomic E-state index is 3.87. The number of rotatable bonds is 4. The molecule has 1 saturated heterocycles. The van der Waals surface area contributed by atoms with Gasteiger partial charge in [0.15, 0.2) is 0 Å². The lowest BCUT2D eigenvalue weighted by Crippen LogP contribution is -2.49. The minimum atomic E-state index is 0.613. The largest absolute Gasteiger partial charge is 0.312 e.